The van der Waals surface area contributed by atoms with Crippen molar-refractivity contribution in [3.63, 3.8) is 0 Å². The molecule has 6 nitrogen and oxygen atoms in total. The van der Waals surface area contributed by atoms with Crippen molar-refractivity contribution < 1.29 is 0 Å². The Kier molecular flexibility index (Phi) is 2.27. The predicted octanol–water partition coefficient (Wildman–Crippen LogP) is 1.70. The van der Waals surface area contributed by atoms with Crippen molar-refractivity contribution >= 4 is 28.7 Å². The maximum Gasteiger partial charge on any atom is 0.207 e. The van der Waals surface area contributed by atoms with Crippen LogP contribution in [0.1, 0.15) is 5.69 Å². The van der Waals surface area contributed by atoms with Crippen LogP contribution in [0.15, 0.2) is 18.5 Å². The first-order valence-corrected chi connectivity index (χ1v) is 5.74. The van der Waals surface area contributed by atoms with Crippen molar-refractivity contribution in [2.75, 3.05) is 5.73 Å². The van der Waals surface area contributed by atoms with Crippen LogP contribution in [0.25, 0.3) is 16.9 Å². The first-order chi connectivity index (χ1) is 8.56. The summed E-state index contributed by atoms with van der Waals surface area (Å²) in [5.41, 5.74) is 9.02. The van der Waals surface area contributed by atoms with Crippen LogP contribution < -0.4 is 5.73 Å². The largest absolute Gasteiger partial charge is 0.369 e. The lowest BCUT2D eigenvalue weighted by Gasteiger charge is -2.03. The molecule has 0 saturated carbocycles. The lowest BCUT2D eigenvalue weighted by Crippen LogP contribution is -2.01. The summed E-state index contributed by atoms with van der Waals surface area (Å²) < 4.78 is 3.50. The summed E-state index contributed by atoms with van der Waals surface area (Å²) >= 11 is 5.89. The molecule has 0 fully saturated rings. The third-order valence-corrected chi connectivity index (χ3v) is 2.92. The Labute approximate surface area is 108 Å². The van der Waals surface area contributed by atoms with Gasteiger partial charge in [-0.2, -0.15) is 5.10 Å². The van der Waals surface area contributed by atoms with Crippen LogP contribution in [0.3, 0.4) is 0 Å². The molecule has 0 amide bonds. The molecule has 3 aromatic rings. The number of hydrogen-bond donors (Lipinski definition) is 1. The van der Waals surface area contributed by atoms with E-state index in [1.165, 1.54) is 0 Å². The molecule has 0 aliphatic rings. The van der Waals surface area contributed by atoms with E-state index < -0.39 is 0 Å². The molecule has 0 saturated heterocycles. The topological polar surface area (TPSA) is 74.5 Å². The van der Waals surface area contributed by atoms with Gasteiger partial charge in [0.15, 0.2) is 5.65 Å². The molecular weight excluding hydrogens is 252 g/mol. The molecule has 0 bridgehead atoms. The van der Waals surface area contributed by atoms with Crippen molar-refractivity contribution in [3.8, 4) is 5.69 Å². The smallest absolute Gasteiger partial charge is 0.207 e. The molecule has 3 aromatic heterocycles. The van der Waals surface area contributed by atoms with Gasteiger partial charge < -0.3 is 5.73 Å². The van der Waals surface area contributed by atoms with E-state index in [0.717, 1.165) is 11.4 Å². The van der Waals surface area contributed by atoms with E-state index in [1.807, 2.05) is 20.2 Å². The minimum Gasteiger partial charge on any atom is -0.369 e. The molecule has 7 heteroatoms. The average Bonchev–Trinajstić information content (AvgIpc) is 2.77. The first-order valence-electron chi connectivity index (χ1n) is 5.36. The summed E-state index contributed by atoms with van der Waals surface area (Å²) in [6, 6.07) is 1.74. The summed E-state index contributed by atoms with van der Waals surface area (Å²) in [6.07, 6.45) is 3.45. The van der Waals surface area contributed by atoms with Crippen molar-refractivity contribution in [3.05, 3.63) is 29.2 Å². The quantitative estimate of drug-likeness (QED) is 0.724. The van der Waals surface area contributed by atoms with Gasteiger partial charge in [0.25, 0.3) is 0 Å². The van der Waals surface area contributed by atoms with Gasteiger partial charge in [0, 0.05) is 19.4 Å². The second-order valence-corrected chi connectivity index (χ2v) is 4.51. The minimum atomic E-state index is 0.371. The van der Waals surface area contributed by atoms with Gasteiger partial charge in [-0.15, -0.1) is 0 Å². The van der Waals surface area contributed by atoms with Crippen molar-refractivity contribution in [1.82, 2.24) is 24.3 Å². The third-order valence-electron chi connectivity index (χ3n) is 2.72. The van der Waals surface area contributed by atoms with Gasteiger partial charge in [0.1, 0.15) is 5.52 Å². The molecule has 0 aliphatic carbocycles. The second kappa shape index (κ2) is 3.71. The van der Waals surface area contributed by atoms with E-state index in [1.54, 1.807) is 21.5 Å². The van der Waals surface area contributed by atoms with Gasteiger partial charge in [-0.05, 0) is 13.0 Å². The highest BCUT2D eigenvalue weighted by molar-refractivity contribution is 6.31. The number of rotatable bonds is 1. The number of anilines is 1. The molecule has 0 spiro atoms. The van der Waals surface area contributed by atoms with Crippen LogP contribution in [0, 0.1) is 6.92 Å². The van der Waals surface area contributed by atoms with Crippen LogP contribution in [0.2, 0.25) is 5.02 Å². The average molecular weight is 263 g/mol. The van der Waals surface area contributed by atoms with Gasteiger partial charge in [-0.25, -0.2) is 9.97 Å². The fourth-order valence-electron chi connectivity index (χ4n) is 2.00. The van der Waals surface area contributed by atoms with Crippen LogP contribution >= 0.6 is 11.6 Å². The maximum atomic E-state index is 5.95. The molecule has 3 rings (SSSR count). The number of fused-ring (bicyclic) bond motifs is 1. The number of hydrogen-bond acceptors (Lipinski definition) is 4. The standard InChI is InChI=1S/C11H11ClN6/c1-6-9(5-17(2)16-6)18-10-8(15-11(18)13)3-7(12)4-14-10/h3-5H,1-2H3,(H2,13,15). The highest BCUT2D eigenvalue weighted by Crippen LogP contribution is 2.24. The molecule has 92 valence electrons. The SMILES string of the molecule is Cc1nn(C)cc1-n1c(N)nc2cc(Cl)cnc21. The Morgan fingerprint density at radius 3 is 2.83 bits per heavy atom. The van der Waals surface area contributed by atoms with Gasteiger partial charge in [-0.1, -0.05) is 11.6 Å². The number of nitrogens with two attached hydrogens (primary N) is 1. The van der Waals surface area contributed by atoms with E-state index in [2.05, 4.69) is 15.1 Å². The van der Waals surface area contributed by atoms with E-state index in [9.17, 15) is 0 Å². The third kappa shape index (κ3) is 1.53. The number of pyridine rings is 1. The number of nitrogen functional groups attached to an aromatic ring is 1. The number of halogens is 1. The Balaban J connectivity index is 2.35. The number of aryl methyl sites for hydroxylation is 2. The Hall–Kier alpha value is -2.08. The molecule has 0 aromatic carbocycles. The molecular formula is C11H11ClN6. The lowest BCUT2D eigenvalue weighted by atomic mass is 10.4. The van der Waals surface area contributed by atoms with Gasteiger partial charge >= 0.3 is 0 Å². The molecule has 0 atom stereocenters. The Bertz CT molecular complexity index is 741. The van der Waals surface area contributed by atoms with Gasteiger partial charge in [0.05, 0.1) is 16.4 Å². The van der Waals surface area contributed by atoms with Crippen LogP contribution in [0.4, 0.5) is 5.95 Å². The van der Waals surface area contributed by atoms with E-state index >= 15 is 0 Å². The zero-order valence-corrected chi connectivity index (χ0v) is 10.7. The first kappa shape index (κ1) is 11.0. The molecule has 0 aliphatic heterocycles. The Morgan fingerprint density at radius 2 is 2.17 bits per heavy atom. The molecule has 3 heterocycles. The van der Waals surface area contributed by atoms with E-state index in [4.69, 9.17) is 17.3 Å². The predicted molar refractivity (Wildman–Crippen MR) is 69.8 cm³/mol. The highest BCUT2D eigenvalue weighted by Gasteiger charge is 2.15. The van der Waals surface area contributed by atoms with E-state index in [0.29, 0.717) is 22.1 Å². The van der Waals surface area contributed by atoms with Crippen LogP contribution in [-0.2, 0) is 7.05 Å². The summed E-state index contributed by atoms with van der Waals surface area (Å²) in [4.78, 5) is 8.54. The van der Waals surface area contributed by atoms with Crippen LogP contribution in [0.5, 0.6) is 0 Å². The molecule has 0 unspecified atom stereocenters. The zero-order chi connectivity index (χ0) is 12.9. The normalized spacial score (nSPS) is 11.3. The summed E-state index contributed by atoms with van der Waals surface area (Å²) in [5, 5.41) is 4.83. The Morgan fingerprint density at radius 1 is 1.39 bits per heavy atom. The molecule has 0 radical (unpaired) electrons. The number of nitrogens with zero attached hydrogens (tertiary/aromatic N) is 5. The fraction of sp³-hybridized carbons (Fsp3) is 0.182. The minimum absolute atomic E-state index is 0.371. The second-order valence-electron chi connectivity index (χ2n) is 4.08. The van der Waals surface area contributed by atoms with Crippen molar-refractivity contribution in [2.45, 2.75) is 6.92 Å². The summed E-state index contributed by atoms with van der Waals surface area (Å²) in [6.45, 7) is 1.91. The van der Waals surface area contributed by atoms with Gasteiger partial charge in [-0.3, -0.25) is 9.25 Å². The monoisotopic (exact) mass is 262 g/mol. The zero-order valence-electron chi connectivity index (χ0n) is 9.92. The lowest BCUT2D eigenvalue weighted by molar-refractivity contribution is 0.756. The van der Waals surface area contributed by atoms with Crippen molar-refractivity contribution in [1.29, 1.82) is 0 Å². The molecule has 2 N–H and O–H groups in total. The highest BCUT2D eigenvalue weighted by atomic mass is 35.5. The van der Waals surface area contributed by atoms with Gasteiger partial charge in [0.2, 0.25) is 5.95 Å². The number of aromatic nitrogens is 5. The maximum absolute atomic E-state index is 5.95. The summed E-state index contributed by atoms with van der Waals surface area (Å²) in [7, 11) is 1.86. The van der Waals surface area contributed by atoms with E-state index in [-0.39, 0.29) is 0 Å². The summed E-state index contributed by atoms with van der Waals surface area (Å²) in [5.74, 6) is 0.371. The molecule has 18 heavy (non-hydrogen) atoms. The number of imidazole rings is 1. The van der Waals surface area contributed by atoms with Crippen LogP contribution in [-0.4, -0.2) is 24.3 Å². The van der Waals surface area contributed by atoms with Crippen molar-refractivity contribution in [2.24, 2.45) is 7.05 Å². The fourth-order valence-corrected chi connectivity index (χ4v) is 2.15.